The summed E-state index contributed by atoms with van der Waals surface area (Å²) >= 11 is 3.43. The molecule has 0 saturated carbocycles. The van der Waals surface area contributed by atoms with Gasteiger partial charge < -0.3 is 19.9 Å². The topological polar surface area (TPSA) is 48.1 Å². The largest absolute Gasteiger partial charge is 0.379 e. The molecule has 0 unspecified atom stereocenters. The quantitative estimate of drug-likeness (QED) is 0.620. The van der Waals surface area contributed by atoms with E-state index >= 15 is 0 Å². The third-order valence-corrected chi connectivity index (χ3v) is 5.74. The number of rotatable bonds is 8. The molecule has 162 valence electrons. The number of benzene rings is 2. The molecule has 1 heterocycles. The molecule has 1 fully saturated rings. The van der Waals surface area contributed by atoms with Crippen LogP contribution in [-0.2, 0) is 11.3 Å². The molecule has 1 aliphatic heterocycles. The van der Waals surface area contributed by atoms with Crippen molar-refractivity contribution in [1.82, 2.24) is 9.80 Å². The van der Waals surface area contributed by atoms with Crippen molar-refractivity contribution >= 4 is 33.3 Å². The molecule has 1 N–H and O–H groups in total. The Bertz CT molecular complexity index is 790. The maximum absolute atomic E-state index is 13.0. The summed E-state index contributed by atoms with van der Waals surface area (Å²) in [4.78, 5) is 19.4. The van der Waals surface area contributed by atoms with Crippen molar-refractivity contribution in [3.05, 3.63) is 58.6 Å². The van der Waals surface area contributed by atoms with E-state index in [1.165, 1.54) is 0 Å². The molecule has 3 rings (SSSR count). The molecule has 1 aliphatic rings. The summed E-state index contributed by atoms with van der Waals surface area (Å²) in [5, 5.41) is 3.03. The predicted octanol–water partition coefficient (Wildman–Crippen LogP) is 4.27. The Labute approximate surface area is 187 Å². The smallest absolute Gasteiger partial charge is 0.322 e. The van der Waals surface area contributed by atoms with Gasteiger partial charge >= 0.3 is 6.03 Å². The fraction of sp³-hybridized carbons (Fsp3) is 0.435. The minimum atomic E-state index is -0.0732. The van der Waals surface area contributed by atoms with Crippen LogP contribution in [0.2, 0.25) is 0 Å². The van der Waals surface area contributed by atoms with Crippen LogP contribution in [0, 0.1) is 0 Å². The summed E-state index contributed by atoms with van der Waals surface area (Å²) in [7, 11) is 4.05. The Morgan fingerprint density at radius 3 is 2.37 bits per heavy atom. The van der Waals surface area contributed by atoms with E-state index in [-0.39, 0.29) is 6.03 Å². The number of urea groups is 1. The predicted molar refractivity (Wildman–Crippen MR) is 126 cm³/mol. The molecule has 0 radical (unpaired) electrons. The van der Waals surface area contributed by atoms with Crippen LogP contribution in [0.4, 0.5) is 16.2 Å². The first-order valence-corrected chi connectivity index (χ1v) is 11.2. The number of morpholine rings is 1. The summed E-state index contributed by atoms with van der Waals surface area (Å²) in [5.74, 6) is 0. The standard InChI is InChI=1S/C23H31BrN4O2/c1-26(2)22-10-4-19(5-11-22)18-28(13-3-12-27-14-16-30-17-15-27)23(29)25-21-8-6-20(24)7-9-21/h4-11H,3,12-18H2,1-2H3,(H,25,29). The summed E-state index contributed by atoms with van der Waals surface area (Å²) in [5.41, 5.74) is 3.07. The van der Waals surface area contributed by atoms with E-state index in [1.54, 1.807) is 0 Å². The molecule has 30 heavy (non-hydrogen) atoms. The lowest BCUT2D eigenvalue weighted by Gasteiger charge is -2.28. The van der Waals surface area contributed by atoms with Gasteiger partial charge in [-0.05, 0) is 48.4 Å². The van der Waals surface area contributed by atoms with E-state index in [9.17, 15) is 4.79 Å². The second kappa shape index (κ2) is 11.3. The van der Waals surface area contributed by atoms with Gasteiger partial charge in [0.15, 0.2) is 0 Å². The number of halogens is 1. The lowest BCUT2D eigenvalue weighted by Crippen LogP contribution is -2.40. The van der Waals surface area contributed by atoms with Crippen LogP contribution in [0.3, 0.4) is 0 Å². The summed E-state index contributed by atoms with van der Waals surface area (Å²) in [6.45, 7) is 5.80. The highest BCUT2D eigenvalue weighted by molar-refractivity contribution is 9.10. The third kappa shape index (κ3) is 7.00. The number of nitrogens with zero attached hydrogens (tertiary/aromatic N) is 3. The van der Waals surface area contributed by atoms with Gasteiger partial charge in [0.25, 0.3) is 0 Å². The van der Waals surface area contributed by atoms with E-state index in [4.69, 9.17) is 4.74 Å². The molecule has 0 bridgehead atoms. The minimum absolute atomic E-state index is 0.0732. The van der Waals surface area contributed by atoms with Crippen LogP contribution >= 0.6 is 15.9 Å². The number of carbonyl (C=O) groups excluding carboxylic acids is 1. The van der Waals surface area contributed by atoms with Gasteiger partial charge in [-0.2, -0.15) is 0 Å². The molecule has 7 heteroatoms. The Hall–Kier alpha value is -2.09. The average molecular weight is 475 g/mol. The van der Waals surface area contributed by atoms with E-state index < -0.39 is 0 Å². The molecule has 1 saturated heterocycles. The van der Waals surface area contributed by atoms with Crippen molar-refractivity contribution in [2.75, 3.05) is 63.7 Å². The maximum Gasteiger partial charge on any atom is 0.322 e. The summed E-state index contributed by atoms with van der Waals surface area (Å²) in [6.07, 6.45) is 0.934. The minimum Gasteiger partial charge on any atom is -0.379 e. The monoisotopic (exact) mass is 474 g/mol. The van der Waals surface area contributed by atoms with Crippen LogP contribution < -0.4 is 10.2 Å². The Balaban J connectivity index is 1.63. The van der Waals surface area contributed by atoms with Crippen molar-refractivity contribution < 1.29 is 9.53 Å². The van der Waals surface area contributed by atoms with Gasteiger partial charge in [0, 0.05) is 62.7 Å². The summed E-state index contributed by atoms with van der Waals surface area (Å²) in [6, 6.07) is 16.0. The second-order valence-electron chi connectivity index (χ2n) is 7.73. The zero-order valence-corrected chi connectivity index (χ0v) is 19.4. The van der Waals surface area contributed by atoms with Gasteiger partial charge in [-0.15, -0.1) is 0 Å². The number of ether oxygens (including phenoxy) is 1. The molecule has 2 aromatic rings. The van der Waals surface area contributed by atoms with Crippen molar-refractivity contribution in [1.29, 1.82) is 0 Å². The zero-order chi connectivity index (χ0) is 21.3. The first-order chi connectivity index (χ1) is 14.5. The maximum atomic E-state index is 13.0. The fourth-order valence-corrected chi connectivity index (χ4v) is 3.68. The third-order valence-electron chi connectivity index (χ3n) is 5.21. The van der Waals surface area contributed by atoms with E-state index in [0.717, 1.165) is 60.7 Å². The summed E-state index contributed by atoms with van der Waals surface area (Å²) < 4.78 is 6.41. The van der Waals surface area contributed by atoms with Gasteiger partial charge in [0.05, 0.1) is 13.2 Å². The highest BCUT2D eigenvalue weighted by Gasteiger charge is 2.16. The first kappa shape index (κ1) is 22.6. The van der Waals surface area contributed by atoms with E-state index in [0.29, 0.717) is 13.1 Å². The van der Waals surface area contributed by atoms with Gasteiger partial charge in [0.1, 0.15) is 0 Å². The van der Waals surface area contributed by atoms with E-state index in [1.807, 2.05) is 43.3 Å². The second-order valence-corrected chi connectivity index (χ2v) is 8.64. The molecule has 0 atom stereocenters. The Kier molecular flexibility index (Phi) is 8.54. The number of anilines is 2. The molecule has 2 aromatic carbocycles. The Morgan fingerprint density at radius 1 is 1.07 bits per heavy atom. The van der Waals surface area contributed by atoms with E-state index in [2.05, 4.69) is 55.3 Å². The highest BCUT2D eigenvalue weighted by Crippen LogP contribution is 2.17. The molecule has 0 aromatic heterocycles. The van der Waals surface area contributed by atoms with Gasteiger partial charge in [-0.3, -0.25) is 4.90 Å². The van der Waals surface area contributed by atoms with Gasteiger partial charge in [-0.1, -0.05) is 28.1 Å². The van der Waals surface area contributed by atoms with Gasteiger partial charge in [-0.25, -0.2) is 4.79 Å². The Morgan fingerprint density at radius 2 is 1.73 bits per heavy atom. The highest BCUT2D eigenvalue weighted by atomic mass is 79.9. The van der Waals surface area contributed by atoms with Crippen molar-refractivity contribution in [3.8, 4) is 0 Å². The molecular formula is C23H31BrN4O2. The van der Waals surface area contributed by atoms with Crippen molar-refractivity contribution in [2.45, 2.75) is 13.0 Å². The van der Waals surface area contributed by atoms with Gasteiger partial charge in [0.2, 0.25) is 0 Å². The molecule has 2 amide bonds. The van der Waals surface area contributed by atoms with Crippen LogP contribution in [0.15, 0.2) is 53.0 Å². The molecule has 6 nitrogen and oxygen atoms in total. The lowest BCUT2D eigenvalue weighted by atomic mass is 10.2. The fourth-order valence-electron chi connectivity index (χ4n) is 3.42. The lowest BCUT2D eigenvalue weighted by molar-refractivity contribution is 0.0365. The van der Waals surface area contributed by atoms with Crippen LogP contribution in [-0.4, -0.2) is 69.3 Å². The number of hydrogen-bond donors (Lipinski definition) is 1. The molecular weight excluding hydrogens is 444 g/mol. The number of carbonyl (C=O) groups is 1. The zero-order valence-electron chi connectivity index (χ0n) is 17.8. The number of hydrogen-bond acceptors (Lipinski definition) is 4. The average Bonchev–Trinajstić information content (AvgIpc) is 2.75. The number of nitrogens with one attached hydrogen (secondary N) is 1. The van der Waals surface area contributed by atoms with Crippen LogP contribution in [0.25, 0.3) is 0 Å². The normalized spacial score (nSPS) is 14.4. The van der Waals surface area contributed by atoms with Crippen LogP contribution in [0.5, 0.6) is 0 Å². The van der Waals surface area contributed by atoms with Crippen LogP contribution in [0.1, 0.15) is 12.0 Å². The number of amides is 2. The molecule has 0 spiro atoms. The van der Waals surface area contributed by atoms with Crippen molar-refractivity contribution in [2.24, 2.45) is 0 Å². The molecule has 0 aliphatic carbocycles. The first-order valence-electron chi connectivity index (χ1n) is 10.4. The van der Waals surface area contributed by atoms with Crippen molar-refractivity contribution in [3.63, 3.8) is 0 Å². The SMILES string of the molecule is CN(C)c1ccc(CN(CCCN2CCOCC2)C(=O)Nc2ccc(Br)cc2)cc1.